The molecule has 0 aromatic carbocycles. The van der Waals surface area contributed by atoms with Gasteiger partial charge in [-0.1, -0.05) is 19.3 Å². The largest absolute Gasteiger partial charge is 0.381 e. The van der Waals surface area contributed by atoms with Crippen molar-refractivity contribution in [3.8, 4) is 0 Å². The van der Waals surface area contributed by atoms with Gasteiger partial charge in [0.1, 0.15) is 0 Å². The van der Waals surface area contributed by atoms with E-state index in [1.807, 2.05) is 10.9 Å². The van der Waals surface area contributed by atoms with E-state index in [4.69, 9.17) is 0 Å². The van der Waals surface area contributed by atoms with E-state index in [1.54, 1.807) is 6.20 Å². The average Bonchev–Trinajstić information content (AvgIpc) is 3.44. The summed E-state index contributed by atoms with van der Waals surface area (Å²) in [6, 6.07) is 0.317. The van der Waals surface area contributed by atoms with Gasteiger partial charge in [-0.25, -0.2) is 9.67 Å². The fourth-order valence-corrected chi connectivity index (χ4v) is 4.99. The number of carbonyl (C=O) groups is 1. The zero-order chi connectivity index (χ0) is 20.9. The number of carbonyl (C=O) groups excluding carboxylic acids is 1. The second-order valence-corrected chi connectivity index (χ2v) is 8.88. The third kappa shape index (κ3) is 4.61. The van der Waals surface area contributed by atoms with Gasteiger partial charge in [-0.3, -0.25) is 4.79 Å². The summed E-state index contributed by atoms with van der Waals surface area (Å²) in [5.74, 6) is 0.598. The van der Waals surface area contributed by atoms with Gasteiger partial charge in [0, 0.05) is 31.9 Å². The van der Waals surface area contributed by atoms with E-state index < -0.39 is 0 Å². The quantitative estimate of drug-likeness (QED) is 0.692. The minimum atomic E-state index is -0.0498. The third-order valence-electron chi connectivity index (χ3n) is 6.85. The normalized spacial score (nSPS) is 19.3. The van der Waals surface area contributed by atoms with Crippen molar-refractivity contribution < 1.29 is 4.79 Å². The van der Waals surface area contributed by atoms with E-state index in [0.29, 0.717) is 24.1 Å². The van der Waals surface area contributed by atoms with Gasteiger partial charge in [0.2, 0.25) is 0 Å². The van der Waals surface area contributed by atoms with Gasteiger partial charge in [0.25, 0.3) is 5.91 Å². The molecule has 2 aromatic rings. The highest BCUT2D eigenvalue weighted by atomic mass is 16.1. The standard InChI is InChI=1S/C23H36N6O/c1-3-29-22-19(16-26-29)21(27-17(2)18-9-5-4-6-10-18)20(15-25-22)23(30)24-11-14-28-12-7-8-13-28/h15-18H,3-14H2,1-2H3,(H,24,30)(H,25,27)/t17-/m1/s1. The maximum atomic E-state index is 13.1. The molecule has 7 nitrogen and oxygen atoms in total. The first-order valence-electron chi connectivity index (χ1n) is 11.8. The van der Waals surface area contributed by atoms with Crippen LogP contribution < -0.4 is 10.6 Å². The molecule has 164 valence electrons. The molecule has 0 bridgehead atoms. The molecule has 2 fully saturated rings. The van der Waals surface area contributed by atoms with Gasteiger partial charge in [-0.2, -0.15) is 5.10 Å². The molecular formula is C23H36N6O. The Morgan fingerprint density at radius 1 is 1.17 bits per heavy atom. The molecule has 1 aliphatic heterocycles. The van der Waals surface area contributed by atoms with E-state index in [9.17, 15) is 4.79 Å². The number of aromatic nitrogens is 3. The number of amides is 1. The number of aryl methyl sites for hydroxylation is 1. The summed E-state index contributed by atoms with van der Waals surface area (Å²) in [6.45, 7) is 8.94. The minimum absolute atomic E-state index is 0.0498. The van der Waals surface area contributed by atoms with E-state index in [2.05, 4.69) is 39.5 Å². The predicted molar refractivity (Wildman–Crippen MR) is 121 cm³/mol. The molecule has 2 aliphatic rings. The van der Waals surface area contributed by atoms with Crippen LogP contribution in [0.15, 0.2) is 12.4 Å². The van der Waals surface area contributed by atoms with Gasteiger partial charge in [-0.15, -0.1) is 0 Å². The van der Waals surface area contributed by atoms with Gasteiger partial charge >= 0.3 is 0 Å². The highest BCUT2D eigenvalue weighted by molar-refractivity contribution is 6.06. The molecular weight excluding hydrogens is 376 g/mol. The van der Waals surface area contributed by atoms with Crippen molar-refractivity contribution in [3.63, 3.8) is 0 Å². The van der Waals surface area contributed by atoms with Crippen LogP contribution in [0.4, 0.5) is 5.69 Å². The highest BCUT2D eigenvalue weighted by Gasteiger charge is 2.24. The van der Waals surface area contributed by atoms with Gasteiger partial charge in [0.05, 0.1) is 22.8 Å². The number of hydrogen-bond donors (Lipinski definition) is 2. The minimum Gasteiger partial charge on any atom is -0.381 e. The maximum Gasteiger partial charge on any atom is 0.255 e. The molecule has 1 atom stereocenters. The number of fused-ring (bicyclic) bond motifs is 1. The van der Waals surface area contributed by atoms with Gasteiger partial charge < -0.3 is 15.5 Å². The number of likely N-dealkylation sites (tertiary alicyclic amines) is 1. The number of nitrogens with one attached hydrogen (secondary N) is 2. The first-order valence-corrected chi connectivity index (χ1v) is 11.8. The number of rotatable bonds is 8. The Morgan fingerprint density at radius 2 is 1.93 bits per heavy atom. The topological polar surface area (TPSA) is 75.1 Å². The smallest absolute Gasteiger partial charge is 0.255 e. The monoisotopic (exact) mass is 412 g/mol. The second-order valence-electron chi connectivity index (χ2n) is 8.88. The Bertz CT molecular complexity index is 851. The van der Waals surface area contributed by atoms with Crippen LogP contribution in [0.2, 0.25) is 0 Å². The van der Waals surface area contributed by atoms with E-state index in [1.165, 1.54) is 44.9 Å². The Kier molecular flexibility index (Phi) is 6.87. The van der Waals surface area contributed by atoms with Crippen molar-refractivity contribution in [1.82, 2.24) is 25.0 Å². The zero-order valence-corrected chi connectivity index (χ0v) is 18.5. The summed E-state index contributed by atoms with van der Waals surface area (Å²) in [7, 11) is 0. The fraction of sp³-hybridized carbons (Fsp3) is 0.696. The van der Waals surface area contributed by atoms with Crippen molar-refractivity contribution >= 4 is 22.6 Å². The van der Waals surface area contributed by atoms with Gasteiger partial charge in [0.15, 0.2) is 5.65 Å². The summed E-state index contributed by atoms with van der Waals surface area (Å²) in [6.07, 6.45) is 12.6. The third-order valence-corrected chi connectivity index (χ3v) is 6.85. The molecule has 1 aliphatic carbocycles. The summed E-state index contributed by atoms with van der Waals surface area (Å²) in [4.78, 5) is 20.1. The summed E-state index contributed by atoms with van der Waals surface area (Å²) < 4.78 is 1.89. The summed E-state index contributed by atoms with van der Waals surface area (Å²) >= 11 is 0. The molecule has 2 N–H and O–H groups in total. The first kappa shape index (κ1) is 21.1. The lowest BCUT2D eigenvalue weighted by molar-refractivity contribution is 0.0950. The summed E-state index contributed by atoms with van der Waals surface area (Å²) in [5, 5.41) is 12.2. The van der Waals surface area contributed by atoms with Crippen LogP contribution in [0.1, 0.15) is 69.2 Å². The Balaban J connectivity index is 1.54. The zero-order valence-electron chi connectivity index (χ0n) is 18.5. The Hall–Kier alpha value is -2.15. The Labute approximate surface area is 179 Å². The summed E-state index contributed by atoms with van der Waals surface area (Å²) in [5.41, 5.74) is 2.35. The van der Waals surface area contributed by atoms with E-state index in [-0.39, 0.29) is 5.91 Å². The van der Waals surface area contributed by atoms with Crippen molar-refractivity contribution in [2.24, 2.45) is 5.92 Å². The van der Waals surface area contributed by atoms with Crippen LogP contribution in [0.25, 0.3) is 11.0 Å². The number of anilines is 1. The molecule has 3 heterocycles. The number of hydrogen-bond acceptors (Lipinski definition) is 5. The van der Waals surface area contributed by atoms with Crippen LogP contribution >= 0.6 is 0 Å². The van der Waals surface area contributed by atoms with Crippen LogP contribution in [-0.2, 0) is 6.54 Å². The lowest BCUT2D eigenvalue weighted by Gasteiger charge is -2.29. The van der Waals surface area contributed by atoms with Crippen molar-refractivity contribution in [3.05, 3.63) is 18.0 Å². The SMILES string of the molecule is CCn1ncc2c(N[C@H](C)C3CCCCC3)c(C(=O)NCCN3CCCC3)cnc21. The van der Waals surface area contributed by atoms with Gasteiger partial charge in [-0.05, 0) is 58.5 Å². The first-order chi connectivity index (χ1) is 14.7. The van der Waals surface area contributed by atoms with Crippen LogP contribution in [0, 0.1) is 5.92 Å². The molecule has 0 spiro atoms. The highest BCUT2D eigenvalue weighted by Crippen LogP contribution is 2.32. The van der Waals surface area contributed by atoms with Crippen LogP contribution in [0.5, 0.6) is 0 Å². The lowest BCUT2D eigenvalue weighted by atomic mass is 9.84. The molecule has 1 saturated carbocycles. The molecule has 2 aromatic heterocycles. The number of nitrogens with zero attached hydrogens (tertiary/aromatic N) is 4. The fourth-order valence-electron chi connectivity index (χ4n) is 4.99. The van der Waals surface area contributed by atoms with E-state index in [0.717, 1.165) is 42.9 Å². The lowest BCUT2D eigenvalue weighted by Crippen LogP contribution is -2.34. The molecule has 4 rings (SSSR count). The molecule has 0 radical (unpaired) electrons. The molecule has 0 unspecified atom stereocenters. The number of pyridine rings is 1. The predicted octanol–water partition coefficient (Wildman–Crippen LogP) is 3.66. The average molecular weight is 413 g/mol. The van der Waals surface area contributed by atoms with Crippen LogP contribution in [-0.4, -0.2) is 57.8 Å². The van der Waals surface area contributed by atoms with Crippen molar-refractivity contribution in [2.75, 3.05) is 31.5 Å². The molecule has 7 heteroatoms. The molecule has 1 amide bonds. The molecule has 1 saturated heterocycles. The molecule has 30 heavy (non-hydrogen) atoms. The van der Waals surface area contributed by atoms with Crippen molar-refractivity contribution in [1.29, 1.82) is 0 Å². The van der Waals surface area contributed by atoms with Crippen molar-refractivity contribution in [2.45, 2.75) is 71.4 Å². The second kappa shape index (κ2) is 9.77. The van der Waals surface area contributed by atoms with Crippen LogP contribution in [0.3, 0.4) is 0 Å². The maximum absolute atomic E-state index is 13.1. The Morgan fingerprint density at radius 3 is 2.67 bits per heavy atom. The van der Waals surface area contributed by atoms with E-state index >= 15 is 0 Å².